The molecule has 1 heterocycles. The lowest BCUT2D eigenvalue weighted by Gasteiger charge is -2.13. The summed E-state index contributed by atoms with van der Waals surface area (Å²) in [4.78, 5) is 12.7. The highest BCUT2D eigenvalue weighted by atomic mass is 16.2. The van der Waals surface area contributed by atoms with Gasteiger partial charge in [-0.3, -0.25) is 10.1 Å². The Labute approximate surface area is 81.7 Å². The van der Waals surface area contributed by atoms with Gasteiger partial charge in [0.2, 0.25) is 5.91 Å². The number of nitrogens with one attached hydrogen (secondary N) is 1. The molecule has 1 rings (SSSR count). The van der Waals surface area contributed by atoms with Crippen molar-refractivity contribution in [2.45, 2.75) is 19.9 Å². The molecular formula is C7H14N6O. The van der Waals surface area contributed by atoms with Gasteiger partial charge in [-0.15, -0.1) is 5.10 Å². The molecule has 0 aliphatic carbocycles. The number of carbonyl (C=O) groups excluding carboxylic acids is 1. The lowest BCUT2D eigenvalue weighted by Crippen LogP contribution is -2.40. The van der Waals surface area contributed by atoms with Gasteiger partial charge in [0.05, 0.1) is 13.1 Å². The zero-order valence-corrected chi connectivity index (χ0v) is 8.43. The second-order valence-corrected chi connectivity index (χ2v) is 3.36. The molecule has 0 radical (unpaired) electrons. The van der Waals surface area contributed by atoms with Gasteiger partial charge in [0.1, 0.15) is 0 Å². The first-order valence-electron chi connectivity index (χ1n) is 4.31. The first-order chi connectivity index (χ1) is 6.50. The van der Waals surface area contributed by atoms with Gasteiger partial charge in [0.15, 0.2) is 0 Å². The number of amides is 1. The van der Waals surface area contributed by atoms with Crippen molar-refractivity contribution in [3.05, 3.63) is 0 Å². The summed E-state index contributed by atoms with van der Waals surface area (Å²) in [6.07, 6.45) is 0. The lowest BCUT2D eigenvalue weighted by molar-refractivity contribution is -0.118. The van der Waals surface area contributed by atoms with Crippen LogP contribution in [-0.2, 0) is 11.8 Å². The van der Waals surface area contributed by atoms with Crippen molar-refractivity contribution < 1.29 is 4.79 Å². The van der Waals surface area contributed by atoms with E-state index in [0.29, 0.717) is 0 Å². The molecule has 78 valence electrons. The van der Waals surface area contributed by atoms with Crippen LogP contribution in [0.4, 0.5) is 5.95 Å². The standard InChI is InChI=1S/C7H14N6O/c1-4(2)5(8)6(14)9-7-10-12-13(3)11-7/h4-5H,8H2,1-3H3,(H,9,11,14). The number of aromatic nitrogens is 4. The summed E-state index contributed by atoms with van der Waals surface area (Å²) < 4.78 is 0. The molecule has 1 aromatic rings. The van der Waals surface area contributed by atoms with Crippen LogP contribution in [0, 0.1) is 5.92 Å². The molecule has 1 unspecified atom stereocenters. The summed E-state index contributed by atoms with van der Waals surface area (Å²) in [5.41, 5.74) is 5.62. The molecule has 0 aliphatic rings. The molecule has 14 heavy (non-hydrogen) atoms. The van der Waals surface area contributed by atoms with Crippen LogP contribution in [0.1, 0.15) is 13.8 Å². The third kappa shape index (κ3) is 2.49. The Hall–Kier alpha value is -1.50. The fourth-order valence-electron chi connectivity index (χ4n) is 0.830. The van der Waals surface area contributed by atoms with E-state index in [1.54, 1.807) is 7.05 Å². The van der Waals surface area contributed by atoms with Crippen molar-refractivity contribution in [1.29, 1.82) is 0 Å². The zero-order chi connectivity index (χ0) is 10.7. The molecule has 7 heteroatoms. The van der Waals surface area contributed by atoms with Gasteiger partial charge in [-0.25, -0.2) is 0 Å². The van der Waals surface area contributed by atoms with E-state index in [9.17, 15) is 4.79 Å². The van der Waals surface area contributed by atoms with Crippen molar-refractivity contribution in [3.8, 4) is 0 Å². The van der Waals surface area contributed by atoms with Crippen LogP contribution >= 0.6 is 0 Å². The number of nitrogens with zero attached hydrogens (tertiary/aromatic N) is 4. The molecule has 0 saturated carbocycles. The van der Waals surface area contributed by atoms with Crippen LogP contribution in [0.25, 0.3) is 0 Å². The van der Waals surface area contributed by atoms with E-state index in [4.69, 9.17) is 5.73 Å². The number of nitrogens with two attached hydrogens (primary N) is 1. The van der Waals surface area contributed by atoms with Gasteiger partial charge in [-0.2, -0.15) is 4.80 Å². The maximum atomic E-state index is 11.4. The van der Waals surface area contributed by atoms with E-state index in [0.717, 1.165) is 0 Å². The van der Waals surface area contributed by atoms with E-state index in [-0.39, 0.29) is 17.8 Å². The molecular weight excluding hydrogens is 184 g/mol. The van der Waals surface area contributed by atoms with E-state index in [1.165, 1.54) is 4.80 Å². The Bertz CT molecular complexity index is 320. The summed E-state index contributed by atoms with van der Waals surface area (Å²) in [7, 11) is 1.62. The fourth-order valence-corrected chi connectivity index (χ4v) is 0.830. The molecule has 0 aromatic carbocycles. The van der Waals surface area contributed by atoms with Crippen LogP contribution in [-0.4, -0.2) is 32.2 Å². The Kier molecular flexibility index (Phi) is 3.13. The predicted octanol–water partition coefficient (Wildman–Crippen LogP) is -0.868. The average Bonchev–Trinajstić information content (AvgIpc) is 2.49. The maximum Gasteiger partial charge on any atom is 0.270 e. The topological polar surface area (TPSA) is 98.7 Å². The Balaban J connectivity index is 2.57. The minimum atomic E-state index is -0.557. The molecule has 0 saturated heterocycles. The summed E-state index contributed by atoms with van der Waals surface area (Å²) in [5, 5.41) is 13.5. The van der Waals surface area contributed by atoms with Crippen molar-refractivity contribution in [2.75, 3.05) is 5.32 Å². The highest BCUT2D eigenvalue weighted by Crippen LogP contribution is 2.01. The highest BCUT2D eigenvalue weighted by molar-refractivity contribution is 5.93. The minimum absolute atomic E-state index is 0.0756. The Morgan fingerprint density at radius 1 is 1.57 bits per heavy atom. The smallest absolute Gasteiger partial charge is 0.270 e. The molecule has 0 spiro atoms. The van der Waals surface area contributed by atoms with Crippen LogP contribution in [0.3, 0.4) is 0 Å². The quantitative estimate of drug-likeness (QED) is 0.658. The Morgan fingerprint density at radius 2 is 2.21 bits per heavy atom. The second kappa shape index (κ2) is 4.14. The number of tetrazole rings is 1. The summed E-state index contributed by atoms with van der Waals surface area (Å²) >= 11 is 0. The normalized spacial score (nSPS) is 12.9. The third-order valence-corrected chi connectivity index (χ3v) is 1.76. The van der Waals surface area contributed by atoms with E-state index < -0.39 is 6.04 Å². The van der Waals surface area contributed by atoms with Gasteiger partial charge in [-0.05, 0) is 11.1 Å². The van der Waals surface area contributed by atoms with Crippen LogP contribution in [0.5, 0.6) is 0 Å². The first kappa shape index (κ1) is 10.6. The van der Waals surface area contributed by atoms with Gasteiger partial charge in [-0.1, -0.05) is 18.9 Å². The number of carbonyl (C=O) groups is 1. The van der Waals surface area contributed by atoms with Gasteiger partial charge < -0.3 is 5.73 Å². The first-order valence-corrected chi connectivity index (χ1v) is 4.31. The monoisotopic (exact) mass is 198 g/mol. The number of anilines is 1. The summed E-state index contributed by atoms with van der Waals surface area (Å²) in [5.74, 6) is -0.0479. The SMILES string of the molecule is CC(C)C(N)C(=O)Nc1nnn(C)n1. The number of aryl methyl sites for hydroxylation is 1. The molecule has 1 atom stereocenters. The van der Waals surface area contributed by atoms with Crippen molar-refractivity contribution in [3.63, 3.8) is 0 Å². The van der Waals surface area contributed by atoms with Gasteiger partial charge >= 0.3 is 0 Å². The molecule has 7 nitrogen and oxygen atoms in total. The van der Waals surface area contributed by atoms with Gasteiger partial charge in [0, 0.05) is 0 Å². The molecule has 0 aliphatic heterocycles. The van der Waals surface area contributed by atoms with Crippen LogP contribution in [0.15, 0.2) is 0 Å². The summed E-state index contributed by atoms with van der Waals surface area (Å²) in [6, 6.07) is -0.557. The van der Waals surface area contributed by atoms with Crippen molar-refractivity contribution >= 4 is 11.9 Å². The van der Waals surface area contributed by atoms with Crippen molar-refractivity contribution in [1.82, 2.24) is 20.2 Å². The van der Waals surface area contributed by atoms with E-state index in [2.05, 4.69) is 20.7 Å². The Morgan fingerprint density at radius 3 is 2.64 bits per heavy atom. The molecule has 0 bridgehead atoms. The fraction of sp³-hybridized carbons (Fsp3) is 0.714. The maximum absolute atomic E-state index is 11.4. The predicted molar refractivity (Wildman–Crippen MR) is 50.2 cm³/mol. The zero-order valence-electron chi connectivity index (χ0n) is 8.43. The van der Waals surface area contributed by atoms with Gasteiger partial charge in [0.25, 0.3) is 5.95 Å². The molecule has 1 aromatic heterocycles. The highest BCUT2D eigenvalue weighted by Gasteiger charge is 2.18. The number of hydrogen-bond acceptors (Lipinski definition) is 5. The third-order valence-electron chi connectivity index (χ3n) is 1.76. The minimum Gasteiger partial charge on any atom is -0.320 e. The van der Waals surface area contributed by atoms with Crippen LogP contribution < -0.4 is 11.1 Å². The van der Waals surface area contributed by atoms with E-state index >= 15 is 0 Å². The molecule has 1 amide bonds. The number of rotatable bonds is 3. The largest absolute Gasteiger partial charge is 0.320 e. The second-order valence-electron chi connectivity index (χ2n) is 3.36. The summed E-state index contributed by atoms with van der Waals surface area (Å²) in [6.45, 7) is 3.74. The average molecular weight is 198 g/mol. The van der Waals surface area contributed by atoms with Crippen molar-refractivity contribution in [2.24, 2.45) is 18.7 Å². The molecule has 3 N–H and O–H groups in total. The number of hydrogen-bond donors (Lipinski definition) is 2. The van der Waals surface area contributed by atoms with Crippen LogP contribution in [0.2, 0.25) is 0 Å². The lowest BCUT2D eigenvalue weighted by atomic mass is 10.1. The van der Waals surface area contributed by atoms with E-state index in [1.807, 2.05) is 13.8 Å². The molecule has 0 fully saturated rings.